The van der Waals surface area contributed by atoms with Gasteiger partial charge < -0.3 is 5.32 Å². The molecule has 1 aromatic rings. The van der Waals surface area contributed by atoms with Crippen molar-refractivity contribution in [2.24, 2.45) is 5.92 Å². The second-order valence-electron chi connectivity index (χ2n) is 5.74. The Morgan fingerprint density at radius 2 is 1.64 bits per heavy atom. The monoisotopic (exact) mass is 404 g/mol. The Hall–Kier alpha value is 0.590. The van der Waals surface area contributed by atoms with Gasteiger partial charge in [-0.05, 0) is 24.5 Å². The molecule has 1 heterocycles. The number of halogens is 5. The van der Waals surface area contributed by atoms with Gasteiger partial charge in [-0.1, -0.05) is 47.6 Å². The number of piperazine rings is 1. The summed E-state index contributed by atoms with van der Waals surface area (Å²) in [5, 5.41) is 5.36. The predicted octanol–water partition coefficient (Wildman–Crippen LogP) is 5.24. The summed E-state index contributed by atoms with van der Waals surface area (Å²) in [5.74, 6) is 0.820. The van der Waals surface area contributed by atoms with Crippen LogP contribution in [0.2, 0.25) is 15.1 Å². The van der Waals surface area contributed by atoms with Crippen LogP contribution < -0.4 is 5.32 Å². The van der Waals surface area contributed by atoms with E-state index in [-0.39, 0.29) is 24.8 Å². The van der Waals surface area contributed by atoms with Crippen LogP contribution in [-0.4, -0.2) is 31.1 Å². The van der Waals surface area contributed by atoms with Crippen LogP contribution >= 0.6 is 59.6 Å². The Morgan fingerprint density at radius 1 is 1.05 bits per heavy atom. The van der Waals surface area contributed by atoms with E-state index in [1.54, 1.807) is 6.07 Å². The number of nitrogens with zero attached hydrogens (tertiary/aromatic N) is 1. The van der Waals surface area contributed by atoms with Crippen LogP contribution in [0.15, 0.2) is 12.1 Å². The van der Waals surface area contributed by atoms with Crippen molar-refractivity contribution >= 4 is 59.6 Å². The summed E-state index contributed by atoms with van der Waals surface area (Å²) in [6.45, 7) is 4.13. The predicted molar refractivity (Wildman–Crippen MR) is 100 cm³/mol. The highest BCUT2D eigenvalue weighted by atomic mass is 35.5. The highest BCUT2D eigenvalue weighted by molar-refractivity contribution is 6.44. The zero-order valence-corrected chi connectivity index (χ0v) is 16.1. The van der Waals surface area contributed by atoms with E-state index >= 15 is 0 Å². The van der Waals surface area contributed by atoms with Gasteiger partial charge in [0, 0.05) is 42.8 Å². The summed E-state index contributed by atoms with van der Waals surface area (Å²) >= 11 is 19.1. The maximum Gasteiger partial charge on any atom is 0.0655 e. The Morgan fingerprint density at radius 3 is 2.23 bits per heavy atom. The van der Waals surface area contributed by atoms with Gasteiger partial charge in [0.1, 0.15) is 0 Å². The van der Waals surface area contributed by atoms with Gasteiger partial charge in [0.05, 0.1) is 10.0 Å². The van der Waals surface area contributed by atoms with E-state index in [1.165, 1.54) is 12.8 Å². The first kappa shape index (κ1) is 20.6. The van der Waals surface area contributed by atoms with Gasteiger partial charge in [-0.2, -0.15) is 0 Å². The Labute approximate surface area is 159 Å². The topological polar surface area (TPSA) is 15.3 Å². The normalized spacial score (nSPS) is 20.0. The molecule has 0 unspecified atom stereocenters. The third-order valence-corrected chi connectivity index (χ3v) is 5.41. The first-order valence-electron chi connectivity index (χ1n) is 7.25. The molecule has 7 heteroatoms. The molecule has 0 spiro atoms. The number of hydrogen-bond acceptors (Lipinski definition) is 2. The van der Waals surface area contributed by atoms with E-state index < -0.39 is 0 Å². The van der Waals surface area contributed by atoms with Crippen LogP contribution in [0.1, 0.15) is 30.9 Å². The van der Waals surface area contributed by atoms with Gasteiger partial charge in [0.2, 0.25) is 0 Å². The van der Waals surface area contributed by atoms with Crippen molar-refractivity contribution in [1.82, 2.24) is 10.2 Å². The standard InChI is InChI=1S/C15H19Cl3N2.2ClH/c16-11-3-4-12(17)15(18)14(11)13(9-10-1-2-10)20-7-5-19-6-8-20;;/h3-4,10,13,19H,1-2,5-9H2;2*1H/t13-;;/m1../s1. The van der Waals surface area contributed by atoms with E-state index in [0.717, 1.165) is 49.1 Å². The summed E-state index contributed by atoms with van der Waals surface area (Å²) < 4.78 is 0. The highest BCUT2D eigenvalue weighted by Gasteiger charge is 2.33. The molecule has 0 bridgehead atoms. The van der Waals surface area contributed by atoms with Crippen LogP contribution in [0, 0.1) is 5.92 Å². The van der Waals surface area contributed by atoms with Crippen molar-refractivity contribution in [3.63, 3.8) is 0 Å². The molecular formula is C15H21Cl5N2. The third kappa shape index (κ3) is 4.80. The van der Waals surface area contributed by atoms with Crippen molar-refractivity contribution in [1.29, 1.82) is 0 Å². The molecule has 2 fully saturated rings. The Balaban J connectivity index is 0.00000121. The van der Waals surface area contributed by atoms with E-state index in [2.05, 4.69) is 10.2 Å². The molecule has 2 nitrogen and oxygen atoms in total. The number of hydrogen-bond donors (Lipinski definition) is 1. The molecule has 0 radical (unpaired) electrons. The highest BCUT2D eigenvalue weighted by Crippen LogP contribution is 2.45. The zero-order valence-electron chi connectivity index (χ0n) is 12.2. The molecule has 3 rings (SSSR count). The minimum absolute atomic E-state index is 0. The molecule has 1 N–H and O–H groups in total. The number of nitrogens with one attached hydrogen (secondary N) is 1. The molecule has 1 saturated carbocycles. The van der Waals surface area contributed by atoms with Gasteiger partial charge >= 0.3 is 0 Å². The Kier molecular flexibility index (Phi) is 8.60. The minimum atomic E-state index is 0. The first-order chi connectivity index (χ1) is 9.66. The first-order valence-corrected chi connectivity index (χ1v) is 8.38. The maximum absolute atomic E-state index is 6.46. The molecular weight excluding hydrogens is 385 g/mol. The van der Waals surface area contributed by atoms with Gasteiger partial charge in [0.15, 0.2) is 0 Å². The lowest BCUT2D eigenvalue weighted by Crippen LogP contribution is -2.45. The Bertz CT molecular complexity index is 487. The fraction of sp³-hybridized carbons (Fsp3) is 0.600. The summed E-state index contributed by atoms with van der Waals surface area (Å²) in [6.07, 6.45) is 3.80. The lowest BCUT2D eigenvalue weighted by atomic mass is 9.98. The summed E-state index contributed by atoms with van der Waals surface area (Å²) in [4.78, 5) is 2.50. The van der Waals surface area contributed by atoms with Crippen molar-refractivity contribution < 1.29 is 0 Å². The largest absolute Gasteiger partial charge is 0.314 e. The molecule has 126 valence electrons. The van der Waals surface area contributed by atoms with E-state index in [1.807, 2.05) is 6.07 Å². The lowest BCUT2D eigenvalue weighted by Gasteiger charge is -2.36. The fourth-order valence-electron chi connectivity index (χ4n) is 2.96. The minimum Gasteiger partial charge on any atom is -0.314 e. The van der Waals surface area contributed by atoms with Crippen LogP contribution in [0.4, 0.5) is 0 Å². The molecule has 1 aliphatic heterocycles. The van der Waals surface area contributed by atoms with E-state index in [0.29, 0.717) is 16.1 Å². The van der Waals surface area contributed by atoms with Gasteiger partial charge in [0.25, 0.3) is 0 Å². The fourth-order valence-corrected chi connectivity index (χ4v) is 3.75. The maximum atomic E-state index is 6.46. The van der Waals surface area contributed by atoms with Crippen molar-refractivity contribution in [2.45, 2.75) is 25.3 Å². The average molecular weight is 407 g/mol. The van der Waals surface area contributed by atoms with Crippen LogP contribution in [0.3, 0.4) is 0 Å². The molecule has 22 heavy (non-hydrogen) atoms. The van der Waals surface area contributed by atoms with Crippen molar-refractivity contribution in [2.75, 3.05) is 26.2 Å². The summed E-state index contributed by atoms with van der Waals surface area (Å²) in [6, 6.07) is 3.94. The smallest absolute Gasteiger partial charge is 0.0655 e. The molecule has 0 amide bonds. The molecule has 0 aromatic heterocycles. The van der Waals surface area contributed by atoms with Crippen LogP contribution in [0.25, 0.3) is 0 Å². The second-order valence-corrected chi connectivity index (χ2v) is 6.93. The number of rotatable bonds is 4. The quantitative estimate of drug-likeness (QED) is 0.688. The molecule has 2 aliphatic rings. The molecule has 1 atom stereocenters. The molecule has 1 saturated heterocycles. The van der Waals surface area contributed by atoms with Crippen molar-refractivity contribution in [3.05, 3.63) is 32.8 Å². The van der Waals surface area contributed by atoms with Crippen LogP contribution in [-0.2, 0) is 0 Å². The average Bonchev–Trinajstić information content (AvgIpc) is 3.27. The van der Waals surface area contributed by atoms with E-state index in [4.69, 9.17) is 34.8 Å². The van der Waals surface area contributed by atoms with Crippen LogP contribution in [0.5, 0.6) is 0 Å². The van der Waals surface area contributed by atoms with Gasteiger partial charge in [-0.15, -0.1) is 24.8 Å². The molecule has 1 aromatic carbocycles. The summed E-state index contributed by atoms with van der Waals surface area (Å²) in [5.41, 5.74) is 1.02. The van der Waals surface area contributed by atoms with Gasteiger partial charge in [-0.3, -0.25) is 4.90 Å². The number of benzene rings is 1. The summed E-state index contributed by atoms with van der Waals surface area (Å²) in [7, 11) is 0. The second kappa shape index (κ2) is 9.17. The molecule has 1 aliphatic carbocycles. The SMILES string of the molecule is Cl.Cl.Clc1ccc(Cl)c([C@@H](CC2CC2)N2CCNCC2)c1Cl. The lowest BCUT2D eigenvalue weighted by molar-refractivity contribution is 0.160. The third-order valence-electron chi connectivity index (χ3n) is 4.26. The van der Waals surface area contributed by atoms with E-state index in [9.17, 15) is 0 Å². The van der Waals surface area contributed by atoms with Crippen molar-refractivity contribution in [3.8, 4) is 0 Å². The van der Waals surface area contributed by atoms with Gasteiger partial charge in [-0.25, -0.2) is 0 Å². The zero-order chi connectivity index (χ0) is 14.1.